The van der Waals surface area contributed by atoms with Crippen molar-refractivity contribution in [3.63, 3.8) is 0 Å². The van der Waals surface area contributed by atoms with E-state index in [0.717, 1.165) is 54.8 Å². The molecule has 4 rings (SSSR count). The van der Waals surface area contributed by atoms with Crippen LogP contribution in [0.1, 0.15) is 164 Å². The van der Waals surface area contributed by atoms with Crippen molar-refractivity contribution in [1.29, 1.82) is 0 Å². The van der Waals surface area contributed by atoms with E-state index in [0.29, 0.717) is 17.3 Å². The van der Waals surface area contributed by atoms with Crippen LogP contribution in [-0.4, -0.2) is 12.1 Å². The lowest BCUT2D eigenvalue weighted by atomic mass is 9.47. The maximum atomic E-state index is 12.6. The zero-order chi connectivity index (χ0) is 28.0. The average molecular weight is 541 g/mol. The van der Waals surface area contributed by atoms with Gasteiger partial charge in [0.15, 0.2) is 0 Å². The summed E-state index contributed by atoms with van der Waals surface area (Å²) in [4.78, 5) is 12.6. The first-order valence-electron chi connectivity index (χ1n) is 17.6. The Balaban J connectivity index is 1.29. The fraction of sp³-hybridized carbons (Fsp3) is 0.919. The van der Waals surface area contributed by atoms with Crippen molar-refractivity contribution in [3.05, 3.63) is 11.6 Å². The summed E-state index contributed by atoms with van der Waals surface area (Å²) in [6, 6.07) is 0. The summed E-state index contributed by atoms with van der Waals surface area (Å²) in [5.41, 5.74) is 2.54. The van der Waals surface area contributed by atoms with Gasteiger partial charge in [0.05, 0.1) is 0 Å². The number of hydrogen-bond donors (Lipinski definition) is 0. The highest BCUT2D eigenvalue weighted by atomic mass is 16.5. The van der Waals surface area contributed by atoms with Crippen LogP contribution in [0.25, 0.3) is 0 Å². The highest BCUT2D eigenvalue weighted by Crippen LogP contribution is 2.67. The number of hydrogen-bond acceptors (Lipinski definition) is 2. The lowest BCUT2D eigenvalue weighted by molar-refractivity contribution is -0.151. The molecule has 0 radical (unpaired) electrons. The molecule has 0 aromatic heterocycles. The van der Waals surface area contributed by atoms with E-state index < -0.39 is 0 Å². The number of fused-ring (bicyclic) bond motifs is 5. The summed E-state index contributed by atoms with van der Waals surface area (Å²) < 4.78 is 6.06. The van der Waals surface area contributed by atoms with Gasteiger partial charge in [-0.25, -0.2) is 0 Å². The quantitative estimate of drug-likeness (QED) is 0.124. The van der Waals surface area contributed by atoms with Gasteiger partial charge in [-0.1, -0.05) is 111 Å². The van der Waals surface area contributed by atoms with Gasteiger partial charge in [-0.05, 0) is 97.7 Å². The fourth-order valence-corrected chi connectivity index (χ4v) is 10.2. The number of carbonyl (C=O) groups is 1. The molecule has 0 aliphatic heterocycles. The minimum Gasteiger partial charge on any atom is -0.462 e. The van der Waals surface area contributed by atoms with Crippen LogP contribution < -0.4 is 0 Å². The number of carbonyl (C=O) groups excluding carboxylic acids is 1. The molecule has 0 N–H and O–H groups in total. The Labute approximate surface area is 242 Å². The van der Waals surface area contributed by atoms with Crippen LogP contribution in [0.2, 0.25) is 0 Å². The largest absolute Gasteiger partial charge is 0.462 e. The third-order valence-electron chi connectivity index (χ3n) is 12.5. The molecule has 2 nitrogen and oxygen atoms in total. The second kappa shape index (κ2) is 13.9. The summed E-state index contributed by atoms with van der Waals surface area (Å²) >= 11 is 0. The Kier molecular flexibility index (Phi) is 11.1. The third kappa shape index (κ3) is 7.17. The van der Waals surface area contributed by atoms with E-state index in [-0.39, 0.29) is 12.1 Å². The number of rotatable bonds is 14. The predicted molar refractivity (Wildman–Crippen MR) is 166 cm³/mol. The van der Waals surface area contributed by atoms with Crippen molar-refractivity contribution in [2.45, 2.75) is 170 Å². The Bertz CT molecular complexity index is 812. The monoisotopic (exact) mass is 540 g/mol. The second-order valence-electron chi connectivity index (χ2n) is 15.5. The van der Waals surface area contributed by atoms with E-state index >= 15 is 0 Å². The molecule has 3 fully saturated rings. The topological polar surface area (TPSA) is 26.3 Å². The van der Waals surface area contributed by atoms with Gasteiger partial charge in [0, 0.05) is 12.8 Å². The Morgan fingerprint density at radius 1 is 0.897 bits per heavy atom. The molecule has 2 heteroatoms. The van der Waals surface area contributed by atoms with Gasteiger partial charge in [-0.15, -0.1) is 0 Å². The summed E-state index contributed by atoms with van der Waals surface area (Å²) in [6.07, 6.45) is 26.7. The molecule has 0 spiro atoms. The van der Waals surface area contributed by atoms with E-state index in [4.69, 9.17) is 4.74 Å². The number of unbranched alkanes of at least 4 members (excludes halogenated alkanes) is 6. The summed E-state index contributed by atoms with van der Waals surface area (Å²) in [6.45, 7) is 14.9. The molecule has 0 amide bonds. The van der Waals surface area contributed by atoms with Crippen LogP contribution in [0.3, 0.4) is 0 Å². The van der Waals surface area contributed by atoms with Crippen LogP contribution in [0.5, 0.6) is 0 Å². The molecule has 0 aromatic carbocycles. The Morgan fingerprint density at radius 3 is 2.38 bits per heavy atom. The summed E-state index contributed by atoms with van der Waals surface area (Å²) in [5, 5.41) is 0. The Hall–Kier alpha value is -0.790. The minimum absolute atomic E-state index is 0.0550. The van der Waals surface area contributed by atoms with E-state index in [1.807, 2.05) is 0 Å². The van der Waals surface area contributed by atoms with Gasteiger partial charge in [-0.2, -0.15) is 0 Å². The molecule has 8 atom stereocenters. The SMILES string of the molecule is CCCCCCCCCC(=O)O[C@@H]1CC[C@@]2(C)C(=CC[C@H]3[C@H]4CC[C@H]([C@H](C)CCCC(C)C)[C@@]4(C)CC[C@H]32)C1. The van der Waals surface area contributed by atoms with Gasteiger partial charge in [0.1, 0.15) is 6.10 Å². The van der Waals surface area contributed by atoms with Crippen LogP contribution in [0, 0.1) is 46.3 Å². The molecule has 39 heavy (non-hydrogen) atoms. The van der Waals surface area contributed by atoms with Crippen LogP contribution in [-0.2, 0) is 9.53 Å². The smallest absolute Gasteiger partial charge is 0.306 e. The molecule has 0 bridgehead atoms. The first-order valence-corrected chi connectivity index (χ1v) is 17.6. The predicted octanol–water partition coefficient (Wildman–Crippen LogP) is 11.1. The molecule has 224 valence electrons. The van der Waals surface area contributed by atoms with E-state index in [2.05, 4.69) is 47.6 Å². The van der Waals surface area contributed by atoms with Gasteiger partial charge >= 0.3 is 5.97 Å². The number of allylic oxidation sites excluding steroid dienone is 1. The molecule has 0 aromatic rings. The number of esters is 1. The molecule has 4 aliphatic rings. The maximum absolute atomic E-state index is 12.6. The first kappa shape index (κ1) is 31.2. The second-order valence-corrected chi connectivity index (χ2v) is 15.5. The van der Waals surface area contributed by atoms with Crippen LogP contribution >= 0.6 is 0 Å². The van der Waals surface area contributed by atoms with Crippen molar-refractivity contribution in [2.75, 3.05) is 0 Å². The zero-order valence-electron chi connectivity index (χ0n) is 26.9. The van der Waals surface area contributed by atoms with Gasteiger partial charge < -0.3 is 4.74 Å². The lowest BCUT2D eigenvalue weighted by Gasteiger charge is -2.58. The van der Waals surface area contributed by atoms with Gasteiger partial charge in [0.25, 0.3) is 0 Å². The zero-order valence-corrected chi connectivity index (χ0v) is 26.9. The molecule has 4 aliphatic carbocycles. The van der Waals surface area contributed by atoms with E-state index in [1.54, 1.807) is 5.57 Å². The standard InChI is InChI=1S/C37H64O2/c1-7-8-9-10-11-12-13-17-35(38)39-30-22-24-36(5)29(26-30)18-19-31-33-21-20-32(28(4)16-14-15-27(2)3)37(33,6)25-23-34(31)36/h18,27-28,30-34H,7-17,19-26H2,1-6H3/t28-,30-,31+,32-,33-,34-,36+,37-/m1/s1. The van der Waals surface area contributed by atoms with Crippen molar-refractivity contribution in [2.24, 2.45) is 46.3 Å². The first-order chi connectivity index (χ1) is 18.7. The Morgan fingerprint density at radius 2 is 1.64 bits per heavy atom. The lowest BCUT2D eigenvalue weighted by Crippen LogP contribution is -2.51. The molecule has 0 heterocycles. The maximum Gasteiger partial charge on any atom is 0.306 e. The average Bonchev–Trinajstić information content (AvgIpc) is 3.25. The van der Waals surface area contributed by atoms with Crippen molar-refractivity contribution in [3.8, 4) is 0 Å². The van der Waals surface area contributed by atoms with Gasteiger partial charge in [0.2, 0.25) is 0 Å². The van der Waals surface area contributed by atoms with Gasteiger partial charge in [-0.3, -0.25) is 4.79 Å². The van der Waals surface area contributed by atoms with Crippen LogP contribution in [0.15, 0.2) is 11.6 Å². The fourth-order valence-electron chi connectivity index (χ4n) is 10.2. The van der Waals surface area contributed by atoms with Crippen LogP contribution in [0.4, 0.5) is 0 Å². The molecule has 0 saturated heterocycles. The summed E-state index contributed by atoms with van der Waals surface area (Å²) in [7, 11) is 0. The highest BCUT2D eigenvalue weighted by molar-refractivity contribution is 5.69. The third-order valence-corrected chi connectivity index (χ3v) is 12.5. The minimum atomic E-state index is 0.0550. The normalized spacial score (nSPS) is 36.6. The molecular weight excluding hydrogens is 476 g/mol. The summed E-state index contributed by atoms with van der Waals surface area (Å²) in [5.74, 6) is 5.34. The highest BCUT2D eigenvalue weighted by Gasteiger charge is 2.59. The van der Waals surface area contributed by atoms with Crippen molar-refractivity contribution in [1.82, 2.24) is 0 Å². The van der Waals surface area contributed by atoms with Crippen molar-refractivity contribution >= 4 is 5.97 Å². The number of ether oxygens (including phenoxy) is 1. The molecular formula is C37H64O2. The molecule has 3 saturated carbocycles. The van der Waals surface area contributed by atoms with E-state index in [1.165, 1.54) is 96.3 Å². The molecule has 0 unspecified atom stereocenters. The van der Waals surface area contributed by atoms with Crippen molar-refractivity contribution < 1.29 is 9.53 Å². The van der Waals surface area contributed by atoms with E-state index in [9.17, 15) is 4.79 Å².